The van der Waals surface area contributed by atoms with Crippen LogP contribution in [0.3, 0.4) is 0 Å². The summed E-state index contributed by atoms with van der Waals surface area (Å²) in [7, 11) is 1.32. The summed E-state index contributed by atoms with van der Waals surface area (Å²) in [6.07, 6.45) is 3.82. The second kappa shape index (κ2) is 10.2. The van der Waals surface area contributed by atoms with Crippen molar-refractivity contribution in [1.29, 1.82) is 5.41 Å². The minimum atomic E-state index is -0.457. The first-order valence-corrected chi connectivity index (χ1v) is 10.9. The van der Waals surface area contributed by atoms with Crippen molar-refractivity contribution in [2.45, 2.75) is 18.9 Å². The number of methoxy groups -OCH3 is 1. The number of nitrogens with two attached hydrogens (primary N) is 1. The summed E-state index contributed by atoms with van der Waals surface area (Å²) in [5.74, 6) is -0.273. The van der Waals surface area contributed by atoms with Gasteiger partial charge in [0.05, 0.1) is 37.4 Å². The van der Waals surface area contributed by atoms with Crippen LogP contribution in [0.4, 0.5) is 5.69 Å². The molecule has 1 fully saturated rings. The maximum atomic E-state index is 13.1. The Morgan fingerprint density at radius 1 is 1.12 bits per heavy atom. The van der Waals surface area contributed by atoms with Crippen LogP contribution in [-0.2, 0) is 14.3 Å². The van der Waals surface area contributed by atoms with Crippen LogP contribution in [0.15, 0.2) is 73.1 Å². The van der Waals surface area contributed by atoms with Crippen LogP contribution in [0.5, 0.6) is 5.75 Å². The number of hydrogen-bond acceptors (Lipinski definition) is 6. The van der Waals surface area contributed by atoms with Crippen LogP contribution in [0.25, 0.3) is 11.1 Å². The average Bonchev–Trinajstić information content (AvgIpc) is 3.18. The van der Waals surface area contributed by atoms with E-state index in [2.05, 4.69) is 4.98 Å². The smallest absolute Gasteiger partial charge is 0.306 e. The van der Waals surface area contributed by atoms with E-state index in [-0.39, 0.29) is 30.8 Å². The van der Waals surface area contributed by atoms with Gasteiger partial charge in [-0.25, -0.2) is 0 Å². The number of nitrogen functional groups attached to an aromatic ring is 1. The molecule has 3 N–H and O–H groups in total. The highest BCUT2D eigenvalue weighted by molar-refractivity contribution is 5.99. The van der Waals surface area contributed by atoms with Crippen molar-refractivity contribution < 1.29 is 19.1 Å². The van der Waals surface area contributed by atoms with E-state index in [4.69, 9.17) is 20.6 Å². The van der Waals surface area contributed by atoms with E-state index in [1.165, 1.54) is 7.11 Å². The second-order valence-corrected chi connectivity index (χ2v) is 8.11. The number of carbonyl (C=O) groups is 2. The van der Waals surface area contributed by atoms with Crippen molar-refractivity contribution in [2.24, 2.45) is 11.7 Å². The standard InChI is InChI=1S/C26H26N4O4/c1-33-24(31)14-20-13-22(30(26(20)32)21-3-2-12-29-15-21)16-34-23-10-8-18(9-11-23)17-4-6-19(7-5-17)25(27)28/h2-12,15,20,22H,13-14,16H2,1H3,(H3,27,28)/t20-,22-/m0/s1. The molecule has 0 aliphatic carbocycles. The molecule has 2 atom stereocenters. The Morgan fingerprint density at radius 3 is 2.38 bits per heavy atom. The van der Waals surface area contributed by atoms with E-state index < -0.39 is 11.9 Å². The Balaban J connectivity index is 1.45. The van der Waals surface area contributed by atoms with Gasteiger partial charge in [0.15, 0.2) is 0 Å². The molecule has 174 valence electrons. The van der Waals surface area contributed by atoms with Crippen LogP contribution < -0.4 is 15.4 Å². The predicted molar refractivity (Wildman–Crippen MR) is 129 cm³/mol. The second-order valence-electron chi connectivity index (χ2n) is 8.11. The highest BCUT2D eigenvalue weighted by Crippen LogP contribution is 2.33. The van der Waals surface area contributed by atoms with Crippen molar-refractivity contribution in [3.63, 3.8) is 0 Å². The lowest BCUT2D eigenvalue weighted by Crippen LogP contribution is -2.37. The summed E-state index contributed by atoms with van der Waals surface area (Å²) in [6.45, 7) is 0.283. The van der Waals surface area contributed by atoms with Crippen molar-refractivity contribution in [3.05, 3.63) is 78.6 Å². The molecular weight excluding hydrogens is 432 g/mol. The molecule has 2 aromatic carbocycles. The van der Waals surface area contributed by atoms with E-state index in [1.54, 1.807) is 23.4 Å². The molecule has 0 radical (unpaired) electrons. The Bertz CT molecular complexity index is 1160. The Hall–Kier alpha value is -4.20. The molecule has 0 bridgehead atoms. The van der Waals surface area contributed by atoms with Gasteiger partial charge in [-0.05, 0) is 41.8 Å². The van der Waals surface area contributed by atoms with Gasteiger partial charge in [0.2, 0.25) is 5.91 Å². The zero-order chi connectivity index (χ0) is 24.1. The lowest BCUT2D eigenvalue weighted by molar-refractivity contribution is -0.143. The first kappa shape index (κ1) is 23.0. The topological polar surface area (TPSA) is 119 Å². The molecule has 0 saturated carbocycles. The molecule has 1 aliphatic heterocycles. The highest BCUT2D eigenvalue weighted by Gasteiger charge is 2.41. The maximum Gasteiger partial charge on any atom is 0.306 e. The maximum absolute atomic E-state index is 13.1. The van der Waals surface area contributed by atoms with Crippen molar-refractivity contribution >= 4 is 23.4 Å². The van der Waals surface area contributed by atoms with E-state index in [0.29, 0.717) is 23.4 Å². The number of nitrogens with zero attached hydrogens (tertiary/aromatic N) is 2. The number of anilines is 1. The van der Waals surface area contributed by atoms with Crippen molar-refractivity contribution in [2.75, 3.05) is 18.6 Å². The number of ether oxygens (including phenoxy) is 2. The molecule has 4 rings (SSSR count). The van der Waals surface area contributed by atoms with Crippen LogP contribution in [0.1, 0.15) is 18.4 Å². The number of esters is 1. The fraction of sp³-hybridized carbons (Fsp3) is 0.231. The molecule has 1 aliphatic rings. The predicted octanol–water partition coefficient (Wildman–Crippen LogP) is 3.40. The number of benzene rings is 2. The first-order valence-electron chi connectivity index (χ1n) is 10.9. The zero-order valence-electron chi connectivity index (χ0n) is 18.8. The van der Waals surface area contributed by atoms with Gasteiger partial charge in [0, 0.05) is 11.8 Å². The molecule has 3 aromatic rings. The summed E-state index contributed by atoms with van der Waals surface area (Å²) < 4.78 is 10.8. The molecule has 2 heterocycles. The van der Waals surface area contributed by atoms with Gasteiger partial charge in [-0.1, -0.05) is 36.4 Å². The number of rotatable bonds is 8. The van der Waals surface area contributed by atoms with E-state index in [9.17, 15) is 9.59 Å². The normalized spacial score (nSPS) is 17.4. The molecule has 1 amide bonds. The number of nitrogens with one attached hydrogen (secondary N) is 1. The largest absolute Gasteiger partial charge is 0.491 e. The van der Waals surface area contributed by atoms with Gasteiger partial charge < -0.3 is 20.1 Å². The van der Waals surface area contributed by atoms with Gasteiger partial charge in [-0.3, -0.25) is 20.0 Å². The fourth-order valence-corrected chi connectivity index (χ4v) is 4.12. The van der Waals surface area contributed by atoms with E-state index >= 15 is 0 Å². The van der Waals surface area contributed by atoms with Crippen LogP contribution in [0, 0.1) is 11.3 Å². The number of pyridine rings is 1. The van der Waals surface area contributed by atoms with E-state index in [0.717, 1.165) is 11.1 Å². The molecule has 0 unspecified atom stereocenters. The summed E-state index contributed by atoms with van der Waals surface area (Å²) in [4.78, 5) is 30.6. The Labute approximate surface area is 197 Å². The number of amides is 1. The third-order valence-electron chi connectivity index (χ3n) is 5.90. The molecule has 34 heavy (non-hydrogen) atoms. The van der Waals surface area contributed by atoms with Gasteiger partial charge >= 0.3 is 5.97 Å². The van der Waals surface area contributed by atoms with Crippen molar-refractivity contribution in [3.8, 4) is 16.9 Å². The lowest BCUT2D eigenvalue weighted by atomic mass is 10.0. The minimum absolute atomic E-state index is 0.0369. The third-order valence-corrected chi connectivity index (χ3v) is 5.90. The van der Waals surface area contributed by atoms with Crippen LogP contribution in [0.2, 0.25) is 0 Å². The lowest BCUT2D eigenvalue weighted by Gasteiger charge is -2.24. The highest BCUT2D eigenvalue weighted by atomic mass is 16.5. The fourth-order valence-electron chi connectivity index (χ4n) is 4.12. The summed E-state index contributed by atoms with van der Waals surface area (Å²) >= 11 is 0. The summed E-state index contributed by atoms with van der Waals surface area (Å²) in [5, 5.41) is 7.50. The number of aromatic nitrogens is 1. The SMILES string of the molecule is COC(=O)C[C@@H]1C[C@@H](COc2ccc(-c3ccc(C(=N)N)cc3)cc2)N(c2cccnc2)C1=O. The Kier molecular flexibility index (Phi) is 6.87. The summed E-state index contributed by atoms with van der Waals surface area (Å²) in [5.41, 5.74) is 8.89. The molecule has 1 aromatic heterocycles. The molecular formula is C26H26N4O4. The number of amidine groups is 1. The number of hydrogen-bond donors (Lipinski definition) is 2. The molecule has 1 saturated heterocycles. The van der Waals surface area contributed by atoms with Crippen LogP contribution >= 0.6 is 0 Å². The number of carbonyl (C=O) groups excluding carboxylic acids is 2. The first-order chi connectivity index (χ1) is 16.5. The van der Waals surface area contributed by atoms with Gasteiger partial charge in [0.25, 0.3) is 0 Å². The van der Waals surface area contributed by atoms with Crippen LogP contribution in [-0.4, -0.2) is 42.5 Å². The monoisotopic (exact) mass is 458 g/mol. The molecule has 8 nitrogen and oxygen atoms in total. The zero-order valence-corrected chi connectivity index (χ0v) is 18.8. The third kappa shape index (κ3) is 5.06. The molecule has 8 heteroatoms. The van der Waals surface area contributed by atoms with Gasteiger partial charge in [-0.2, -0.15) is 0 Å². The van der Waals surface area contributed by atoms with Gasteiger partial charge in [0.1, 0.15) is 18.2 Å². The average molecular weight is 459 g/mol. The van der Waals surface area contributed by atoms with Gasteiger partial charge in [-0.15, -0.1) is 0 Å². The van der Waals surface area contributed by atoms with E-state index in [1.807, 2.05) is 54.6 Å². The minimum Gasteiger partial charge on any atom is -0.491 e. The quantitative estimate of drug-likeness (QED) is 0.303. The summed E-state index contributed by atoms with van der Waals surface area (Å²) in [6, 6.07) is 18.5. The van der Waals surface area contributed by atoms with Crippen molar-refractivity contribution in [1.82, 2.24) is 4.98 Å². The molecule has 0 spiro atoms. The Morgan fingerprint density at radius 2 is 1.79 bits per heavy atom.